The van der Waals surface area contributed by atoms with Crippen LogP contribution >= 0.6 is 11.6 Å². The van der Waals surface area contributed by atoms with Gasteiger partial charge in [0.05, 0.1) is 12.2 Å². The summed E-state index contributed by atoms with van der Waals surface area (Å²) in [5.41, 5.74) is 10.1. The Balaban J connectivity index is 2.01. The summed E-state index contributed by atoms with van der Waals surface area (Å²) in [5.74, 6) is -0.257. The smallest absolute Gasteiger partial charge is 0.404 e. The number of amides is 2. The molecule has 0 aliphatic carbocycles. The Kier molecular flexibility index (Phi) is 9.52. The van der Waals surface area contributed by atoms with E-state index in [1.807, 2.05) is 0 Å². The van der Waals surface area contributed by atoms with E-state index >= 15 is 0 Å². The van der Waals surface area contributed by atoms with E-state index in [0.29, 0.717) is 12.6 Å². The number of anilines is 1. The van der Waals surface area contributed by atoms with E-state index in [1.54, 1.807) is 0 Å². The average molecular weight is 358 g/mol. The molecule has 1 aromatic heterocycles. The third kappa shape index (κ3) is 8.52. The molecule has 0 aliphatic rings. The predicted molar refractivity (Wildman–Crippen MR) is 91.9 cm³/mol. The van der Waals surface area contributed by atoms with Gasteiger partial charge >= 0.3 is 6.09 Å². The van der Waals surface area contributed by atoms with Gasteiger partial charge in [0, 0.05) is 12.7 Å². The standard InChI is InChI=1S/C15H24ClN5O3/c16-12-11(13(17)22)10-20-15(21-12)19-8-6-4-2-1-3-5-7-9-24-14(18)23/h10H,1-9H2,(H2,17,22)(H2,18,23)(H,19,20,21). The predicted octanol–water partition coefficient (Wildman–Crippen LogP) is 2.47. The van der Waals surface area contributed by atoms with Crippen LogP contribution in [0.1, 0.15) is 55.3 Å². The zero-order valence-corrected chi connectivity index (χ0v) is 14.3. The van der Waals surface area contributed by atoms with Crippen molar-refractivity contribution in [1.82, 2.24) is 9.97 Å². The molecule has 1 heterocycles. The fraction of sp³-hybridized carbons (Fsp3) is 0.600. The van der Waals surface area contributed by atoms with E-state index in [2.05, 4.69) is 20.0 Å². The Bertz CT molecular complexity index is 542. The summed E-state index contributed by atoms with van der Waals surface area (Å²) in [5, 5.41) is 3.12. The van der Waals surface area contributed by atoms with Gasteiger partial charge in [0.25, 0.3) is 5.91 Å². The summed E-state index contributed by atoms with van der Waals surface area (Å²) in [4.78, 5) is 29.4. The first-order valence-corrected chi connectivity index (χ1v) is 8.37. The van der Waals surface area contributed by atoms with Gasteiger partial charge in [0.2, 0.25) is 5.95 Å². The molecule has 8 nitrogen and oxygen atoms in total. The molecule has 1 rings (SSSR count). The summed E-state index contributed by atoms with van der Waals surface area (Å²) in [7, 11) is 0. The van der Waals surface area contributed by atoms with Gasteiger partial charge in [-0.3, -0.25) is 4.79 Å². The number of nitrogens with one attached hydrogen (secondary N) is 1. The Hall–Kier alpha value is -2.09. The first-order chi connectivity index (χ1) is 11.5. The number of hydrogen-bond acceptors (Lipinski definition) is 6. The highest BCUT2D eigenvalue weighted by molar-refractivity contribution is 6.32. The van der Waals surface area contributed by atoms with Gasteiger partial charge in [-0.2, -0.15) is 0 Å². The molecule has 2 amide bonds. The third-order valence-electron chi connectivity index (χ3n) is 3.36. The van der Waals surface area contributed by atoms with Crippen molar-refractivity contribution in [2.24, 2.45) is 11.5 Å². The first-order valence-electron chi connectivity index (χ1n) is 7.99. The van der Waals surface area contributed by atoms with Gasteiger partial charge in [-0.1, -0.05) is 43.7 Å². The van der Waals surface area contributed by atoms with Crippen LogP contribution in [-0.2, 0) is 4.74 Å². The summed E-state index contributed by atoms with van der Waals surface area (Å²) < 4.78 is 4.66. The number of rotatable bonds is 12. The molecule has 5 N–H and O–H groups in total. The summed E-state index contributed by atoms with van der Waals surface area (Å²) in [6.45, 7) is 1.13. The number of halogens is 1. The van der Waals surface area contributed by atoms with E-state index in [0.717, 1.165) is 51.5 Å². The van der Waals surface area contributed by atoms with Gasteiger partial charge in [0.15, 0.2) is 0 Å². The van der Waals surface area contributed by atoms with Crippen molar-refractivity contribution in [1.29, 1.82) is 0 Å². The molecule has 0 bridgehead atoms. The van der Waals surface area contributed by atoms with E-state index in [4.69, 9.17) is 23.1 Å². The van der Waals surface area contributed by atoms with Gasteiger partial charge in [0.1, 0.15) is 5.15 Å². The van der Waals surface area contributed by atoms with Crippen molar-refractivity contribution in [2.75, 3.05) is 18.5 Å². The zero-order valence-electron chi connectivity index (χ0n) is 13.6. The Labute approximate surface area is 146 Å². The molecule has 9 heteroatoms. The topological polar surface area (TPSA) is 133 Å². The maximum Gasteiger partial charge on any atom is 0.404 e. The molecule has 0 radical (unpaired) electrons. The summed E-state index contributed by atoms with van der Waals surface area (Å²) in [6, 6.07) is 0. The average Bonchev–Trinajstić information content (AvgIpc) is 2.52. The lowest BCUT2D eigenvalue weighted by molar-refractivity contribution is 0.0999. The monoisotopic (exact) mass is 357 g/mol. The fourth-order valence-electron chi connectivity index (χ4n) is 2.10. The number of carbonyl (C=O) groups is 2. The third-order valence-corrected chi connectivity index (χ3v) is 3.64. The second kappa shape index (κ2) is 11.4. The first kappa shape index (κ1) is 20.0. The Morgan fingerprint density at radius 1 is 1.08 bits per heavy atom. The van der Waals surface area contributed by atoms with Crippen molar-refractivity contribution in [3.63, 3.8) is 0 Å². The van der Waals surface area contributed by atoms with Crippen LogP contribution in [0.25, 0.3) is 0 Å². The van der Waals surface area contributed by atoms with Crippen LogP contribution in [0.2, 0.25) is 5.15 Å². The highest BCUT2D eigenvalue weighted by Gasteiger charge is 2.09. The lowest BCUT2D eigenvalue weighted by Gasteiger charge is -2.06. The molecule has 0 spiro atoms. The molecular weight excluding hydrogens is 334 g/mol. The van der Waals surface area contributed by atoms with E-state index in [1.165, 1.54) is 6.20 Å². The van der Waals surface area contributed by atoms with Crippen molar-refractivity contribution in [3.05, 3.63) is 16.9 Å². The van der Waals surface area contributed by atoms with Crippen LogP contribution in [0.3, 0.4) is 0 Å². The van der Waals surface area contributed by atoms with E-state index in [9.17, 15) is 9.59 Å². The van der Waals surface area contributed by atoms with Crippen LogP contribution < -0.4 is 16.8 Å². The lowest BCUT2D eigenvalue weighted by Crippen LogP contribution is -2.14. The van der Waals surface area contributed by atoms with Crippen molar-refractivity contribution in [2.45, 2.75) is 44.9 Å². The zero-order chi connectivity index (χ0) is 17.8. The van der Waals surface area contributed by atoms with Crippen LogP contribution in [0.4, 0.5) is 10.7 Å². The minimum Gasteiger partial charge on any atom is -0.450 e. The van der Waals surface area contributed by atoms with Crippen LogP contribution in [0.5, 0.6) is 0 Å². The number of nitrogens with two attached hydrogens (primary N) is 2. The van der Waals surface area contributed by atoms with Crippen LogP contribution in [0.15, 0.2) is 6.20 Å². The molecule has 0 saturated carbocycles. The molecule has 0 aromatic carbocycles. The fourth-order valence-corrected chi connectivity index (χ4v) is 2.32. The molecule has 24 heavy (non-hydrogen) atoms. The van der Waals surface area contributed by atoms with Crippen molar-refractivity contribution < 1.29 is 14.3 Å². The second-order valence-corrected chi connectivity index (χ2v) is 5.69. The normalized spacial score (nSPS) is 10.4. The maximum absolute atomic E-state index is 11.0. The van der Waals surface area contributed by atoms with Crippen molar-refractivity contribution in [3.8, 4) is 0 Å². The number of hydrogen-bond donors (Lipinski definition) is 3. The van der Waals surface area contributed by atoms with Gasteiger partial charge in [-0.25, -0.2) is 14.8 Å². The van der Waals surface area contributed by atoms with Gasteiger partial charge in [-0.05, 0) is 12.8 Å². The molecule has 0 saturated heterocycles. The molecule has 0 fully saturated rings. The molecule has 0 atom stereocenters. The maximum atomic E-state index is 11.0. The largest absolute Gasteiger partial charge is 0.450 e. The SMILES string of the molecule is NC(=O)OCCCCCCCCCNc1ncc(C(N)=O)c(Cl)n1. The summed E-state index contributed by atoms with van der Waals surface area (Å²) in [6.07, 6.45) is 7.98. The van der Waals surface area contributed by atoms with Crippen LogP contribution in [-0.4, -0.2) is 35.1 Å². The van der Waals surface area contributed by atoms with Crippen molar-refractivity contribution >= 4 is 29.5 Å². The quantitative estimate of drug-likeness (QED) is 0.388. The second-order valence-electron chi connectivity index (χ2n) is 5.33. The number of carbonyl (C=O) groups excluding carboxylic acids is 2. The molecule has 1 aromatic rings. The number of aromatic nitrogens is 2. The van der Waals surface area contributed by atoms with Gasteiger partial charge < -0.3 is 21.5 Å². The van der Waals surface area contributed by atoms with E-state index < -0.39 is 12.0 Å². The molecular formula is C15H24ClN5O3. The highest BCUT2D eigenvalue weighted by atomic mass is 35.5. The molecule has 0 aliphatic heterocycles. The van der Waals surface area contributed by atoms with Crippen LogP contribution in [0, 0.1) is 0 Å². The lowest BCUT2D eigenvalue weighted by atomic mass is 10.1. The number of primary amides is 2. The Morgan fingerprint density at radius 2 is 1.71 bits per heavy atom. The molecule has 134 valence electrons. The number of nitrogens with zero attached hydrogens (tertiary/aromatic N) is 2. The highest BCUT2D eigenvalue weighted by Crippen LogP contribution is 2.13. The molecule has 0 unspecified atom stereocenters. The van der Waals surface area contributed by atoms with E-state index in [-0.39, 0.29) is 10.7 Å². The Morgan fingerprint density at radius 3 is 2.29 bits per heavy atom. The number of ether oxygens (including phenoxy) is 1. The minimum atomic E-state index is -0.711. The minimum absolute atomic E-state index is 0.0558. The van der Waals surface area contributed by atoms with Gasteiger partial charge in [-0.15, -0.1) is 0 Å². The summed E-state index contributed by atoms with van der Waals surface area (Å²) >= 11 is 5.85. The number of unbranched alkanes of at least 4 members (excludes halogenated alkanes) is 6.